The second-order valence-corrected chi connectivity index (χ2v) is 32.9. The van der Waals surface area contributed by atoms with E-state index in [9.17, 15) is 67.6 Å². The number of aromatic hydroxyl groups is 5. The highest BCUT2D eigenvalue weighted by Crippen LogP contribution is 2.39. The van der Waals surface area contributed by atoms with Crippen molar-refractivity contribution < 1.29 is 101 Å². The monoisotopic (exact) mass is 1560 g/mol. The molecule has 106 heavy (non-hydrogen) atoms. The van der Waals surface area contributed by atoms with Crippen LogP contribution in [0.15, 0.2) is 159 Å². The van der Waals surface area contributed by atoms with Crippen molar-refractivity contribution in [3.05, 3.63) is 187 Å². The van der Waals surface area contributed by atoms with Crippen LogP contribution in [-0.2, 0) is 98.0 Å². The molecule has 0 fully saturated rings. The van der Waals surface area contributed by atoms with Crippen LogP contribution in [0.1, 0.15) is 115 Å². The van der Waals surface area contributed by atoms with Crippen LogP contribution in [-0.4, -0.2) is 167 Å². The van der Waals surface area contributed by atoms with Crippen LogP contribution in [0.2, 0.25) is 0 Å². The Hall–Kier alpha value is -8.49. The van der Waals surface area contributed by atoms with Crippen molar-refractivity contribution in [3.63, 3.8) is 0 Å². The minimum Gasteiger partial charge on any atom is -0.508 e. The van der Waals surface area contributed by atoms with Gasteiger partial charge in [-0.3, -0.25) is 50.9 Å². The number of nitrogens with zero attached hydrogens (tertiary/aromatic N) is 4. The Kier molecular flexibility index (Phi) is 43.6. The van der Waals surface area contributed by atoms with Crippen LogP contribution < -0.4 is 26.1 Å². The minimum absolute atomic E-state index is 0.0978. The van der Waals surface area contributed by atoms with E-state index in [4.69, 9.17) is 39.4 Å². The number of imidazole rings is 2. The first-order chi connectivity index (χ1) is 50.1. The zero-order valence-corrected chi connectivity index (χ0v) is 65.6. The standard InChI is InChI=1S/C25H35N2O7P.C16H22N3O4P.C13H20NO5P.C12H17NO3.C4H7N2O2P.C2H6/c1-4-6-24(30)34-23(17-19-9-13-21(29)14-10-19)27-35(3,32)26-22(25(31)33-15-5-2)16-18-7-11-20(28)12-8-18;1-3-10-23-16(21)15(11-13-4-6-14(20)7-5-13)18-24(2,22)19-9-8-17-12-19;1-3-8-19-13(16)12(14-20(2,17)18)9-10-4-6-11(15)7-5-10;1-2-7-16-12(15)11(13)8-9-3-5-10(14)6-4-9;1-9(7,8)6-3-2-5-4-6;1-2/h7-14,22-23,28-29H,4-6,15-17H2,1-3H3,(H2,26,27,32);4-9,12,15,20H,3,10-11H2,1-2H3,(H,18,22);4-7,12,15H,3,8-9H2,1-2H3,(H2,14,17,18);3-6,11,14H,2,7-8,13H2,1H3;2-4H,1H3,(H,7,8);1-2H3. The lowest BCUT2D eigenvalue weighted by molar-refractivity contribution is -0.150. The van der Waals surface area contributed by atoms with Gasteiger partial charge in [-0.15, -0.1) is 0 Å². The van der Waals surface area contributed by atoms with E-state index in [0.717, 1.165) is 40.9 Å². The summed E-state index contributed by atoms with van der Waals surface area (Å²) in [6.45, 7) is 20.0. The van der Waals surface area contributed by atoms with Crippen molar-refractivity contribution in [1.82, 2.24) is 39.0 Å². The zero-order valence-electron chi connectivity index (χ0n) is 62.0. The summed E-state index contributed by atoms with van der Waals surface area (Å²) in [5.74, 6) is -1.71. The normalized spacial score (nSPS) is 14.4. The van der Waals surface area contributed by atoms with E-state index in [2.05, 4.69) is 30.3 Å². The predicted molar refractivity (Wildman–Crippen MR) is 406 cm³/mol. The van der Waals surface area contributed by atoms with Gasteiger partial charge in [-0.2, -0.15) is 0 Å². The number of rotatable bonds is 35. The van der Waals surface area contributed by atoms with E-state index in [1.807, 2.05) is 48.5 Å². The van der Waals surface area contributed by atoms with Crippen LogP contribution in [0, 0.1) is 0 Å². The molecule has 0 aliphatic rings. The molecule has 5 aromatic carbocycles. The number of nitrogens with two attached hydrogens (primary N) is 1. The summed E-state index contributed by atoms with van der Waals surface area (Å²) in [4.78, 5) is 86.3. The molecule has 0 aliphatic carbocycles. The third kappa shape index (κ3) is 39.7. The maximum absolute atomic E-state index is 13.5. The number of esters is 5. The largest absolute Gasteiger partial charge is 0.508 e. The summed E-state index contributed by atoms with van der Waals surface area (Å²) in [5, 5.41) is 57.8. The van der Waals surface area contributed by atoms with Gasteiger partial charge in [0.15, 0.2) is 6.23 Å². The Morgan fingerprint density at radius 2 is 0.745 bits per heavy atom. The Balaban J connectivity index is 0.000000472. The second kappa shape index (κ2) is 49.4. The molecule has 0 saturated heterocycles. The van der Waals surface area contributed by atoms with Crippen LogP contribution in [0.5, 0.6) is 28.7 Å². The maximum Gasteiger partial charge on any atom is 0.323 e. The smallest absolute Gasteiger partial charge is 0.323 e. The van der Waals surface area contributed by atoms with Crippen molar-refractivity contribution >= 4 is 59.8 Å². The fourth-order valence-electron chi connectivity index (χ4n) is 8.92. The van der Waals surface area contributed by atoms with E-state index < -0.39 is 84.2 Å². The van der Waals surface area contributed by atoms with Crippen LogP contribution in [0.3, 0.4) is 0 Å². The lowest BCUT2D eigenvalue weighted by Crippen LogP contribution is -2.43. The molecule has 0 bridgehead atoms. The fraction of sp³-hybridized carbons (Fsp3) is 0.431. The van der Waals surface area contributed by atoms with Gasteiger partial charge in [-0.25, -0.2) is 30.3 Å². The number of carbonyl (C=O) groups excluding carboxylic acids is 5. The number of benzene rings is 5. The van der Waals surface area contributed by atoms with Gasteiger partial charge in [0, 0.05) is 64.3 Å². The Morgan fingerprint density at radius 3 is 1.05 bits per heavy atom. The molecule has 0 spiro atoms. The van der Waals surface area contributed by atoms with Crippen LogP contribution in [0.25, 0.3) is 0 Å². The second-order valence-electron chi connectivity index (χ2n) is 23.9. The van der Waals surface area contributed by atoms with Crippen molar-refractivity contribution in [2.75, 3.05) is 53.1 Å². The van der Waals surface area contributed by atoms with Gasteiger partial charge in [0.25, 0.3) is 15.0 Å². The van der Waals surface area contributed by atoms with Gasteiger partial charge in [-0.05, 0) is 146 Å². The first kappa shape index (κ1) is 93.6. The molecule has 30 nitrogen and oxygen atoms in total. The number of phenolic OH excluding ortho intramolecular Hbond substituents is 5. The number of carbonyl (C=O) groups is 5. The van der Waals surface area contributed by atoms with Crippen molar-refractivity contribution in [3.8, 4) is 28.7 Å². The summed E-state index contributed by atoms with van der Waals surface area (Å²) in [7, 11) is -13.1. The van der Waals surface area contributed by atoms with Crippen molar-refractivity contribution in [1.29, 1.82) is 0 Å². The number of nitrogens with one attached hydrogen (secondary N) is 4. The van der Waals surface area contributed by atoms with Crippen molar-refractivity contribution in [2.45, 2.75) is 149 Å². The van der Waals surface area contributed by atoms with Gasteiger partial charge in [0.05, 0.1) is 26.4 Å². The van der Waals surface area contributed by atoms with E-state index in [1.54, 1.807) is 91.1 Å². The molecule has 34 heteroatoms. The van der Waals surface area contributed by atoms with E-state index in [0.29, 0.717) is 51.7 Å². The highest BCUT2D eigenvalue weighted by molar-refractivity contribution is 7.59. The predicted octanol–water partition coefficient (Wildman–Crippen LogP) is 10.7. The lowest BCUT2D eigenvalue weighted by atomic mass is 10.1. The highest BCUT2D eigenvalue weighted by atomic mass is 31.2. The Bertz CT molecular complexity index is 3850. The molecule has 2 heterocycles. The molecular formula is C72H107N9O21P4. The molecule has 0 aliphatic heterocycles. The molecule has 0 saturated carbocycles. The number of ether oxygens (including phenoxy) is 5. The SMILES string of the molecule is CC.CCCOC(=O)C(Cc1ccc(O)cc1)NP(C)(=O)NC(Cc1ccc(O)cc1)OC(=O)CCC.CCCOC(=O)C(Cc1ccc(O)cc1)NP(C)(=O)O.CCCOC(=O)C(Cc1ccc(O)cc1)NP(C)(=O)n1ccnc1.CCCOC(=O)C(N)Cc1ccc(O)cc1.CP(=O)(O)n1ccnc1. The number of phenols is 5. The zero-order chi connectivity index (χ0) is 79.5. The lowest BCUT2D eigenvalue weighted by Gasteiger charge is -2.27. The summed E-state index contributed by atoms with van der Waals surface area (Å²) < 4.78 is 77.3. The minimum atomic E-state index is -3.55. The van der Waals surface area contributed by atoms with Gasteiger partial charge in [-0.1, -0.05) is 109 Å². The summed E-state index contributed by atoms with van der Waals surface area (Å²) in [6, 6.07) is 28.9. The summed E-state index contributed by atoms with van der Waals surface area (Å²) >= 11 is 0. The third-order valence-electron chi connectivity index (χ3n) is 14.0. The molecule has 586 valence electrons. The van der Waals surface area contributed by atoms with Crippen LogP contribution >= 0.6 is 29.9 Å². The van der Waals surface area contributed by atoms with Crippen molar-refractivity contribution in [2.24, 2.45) is 5.73 Å². The molecule has 2 aromatic heterocycles. The molecule has 9 atom stereocenters. The first-order valence-electron chi connectivity index (χ1n) is 34.4. The molecule has 13 N–H and O–H groups in total. The molecule has 0 radical (unpaired) electrons. The molecule has 9 unspecified atom stereocenters. The fourth-order valence-corrected chi connectivity index (χ4v) is 13.3. The molecular weight excluding hydrogens is 1450 g/mol. The Labute approximate surface area is 620 Å². The number of aromatic nitrogens is 4. The average Bonchev–Trinajstić information content (AvgIpc) is 1.56. The molecule has 7 aromatic rings. The third-order valence-corrected chi connectivity index (χ3v) is 19.4. The van der Waals surface area contributed by atoms with E-state index in [1.165, 1.54) is 96.3 Å². The topological polar surface area (TPSA) is 451 Å². The number of hydrogen-bond donors (Lipinski definition) is 12. The first-order valence-corrected chi connectivity index (χ1v) is 42.9. The summed E-state index contributed by atoms with van der Waals surface area (Å²) in [6.07, 6.45) is 12.8. The van der Waals surface area contributed by atoms with Gasteiger partial charge in [0.1, 0.15) is 65.6 Å². The highest BCUT2D eigenvalue weighted by Gasteiger charge is 2.32. The van der Waals surface area contributed by atoms with Crippen LogP contribution in [0.4, 0.5) is 0 Å². The van der Waals surface area contributed by atoms with Gasteiger partial charge in [0.2, 0.25) is 14.9 Å². The molecule has 7 rings (SSSR count). The quantitative estimate of drug-likeness (QED) is 0.00760. The Morgan fingerprint density at radius 1 is 0.434 bits per heavy atom. The number of hydrogen-bond acceptors (Lipinski definition) is 22. The summed E-state index contributed by atoms with van der Waals surface area (Å²) in [5.41, 5.74) is 9.66. The van der Waals surface area contributed by atoms with E-state index in [-0.39, 0.29) is 73.6 Å². The van der Waals surface area contributed by atoms with Gasteiger partial charge >= 0.3 is 29.8 Å². The molecule has 0 amide bonds. The van der Waals surface area contributed by atoms with E-state index >= 15 is 0 Å². The average molecular weight is 1560 g/mol. The maximum atomic E-state index is 13.5. The van der Waals surface area contributed by atoms with Gasteiger partial charge < -0.3 is 64.7 Å².